The van der Waals surface area contributed by atoms with E-state index in [4.69, 9.17) is 34.3 Å². The Labute approximate surface area is 124 Å². The number of ether oxygens (including phenoxy) is 4. The van der Waals surface area contributed by atoms with E-state index in [2.05, 4.69) is 6.58 Å². The van der Waals surface area contributed by atoms with E-state index in [-0.39, 0.29) is 13.2 Å². The standard InChI is InChI=1S/C10H22O6.C3H4O2/c1-2-16-10(12)9-15-8-7-14-6-5-13-4-3-11;1-2-3(4)5/h10-12H,2-9H2,1H3;2H,1H2,(H,4,5). The molecule has 8 nitrogen and oxygen atoms in total. The second-order valence-corrected chi connectivity index (χ2v) is 3.48. The number of aliphatic carboxylic acids is 1. The maximum atomic E-state index is 9.25. The van der Waals surface area contributed by atoms with Crippen molar-refractivity contribution in [3.05, 3.63) is 12.7 Å². The molecule has 0 saturated heterocycles. The largest absolute Gasteiger partial charge is 0.478 e. The fourth-order valence-corrected chi connectivity index (χ4v) is 0.929. The highest BCUT2D eigenvalue weighted by Crippen LogP contribution is 1.88. The summed E-state index contributed by atoms with van der Waals surface area (Å²) in [4.78, 5) is 9.25. The van der Waals surface area contributed by atoms with E-state index in [1.54, 1.807) is 6.92 Å². The van der Waals surface area contributed by atoms with Gasteiger partial charge in [0.05, 0.1) is 46.2 Å². The summed E-state index contributed by atoms with van der Waals surface area (Å²) in [6.07, 6.45) is -0.0297. The van der Waals surface area contributed by atoms with Crippen LogP contribution in [0.3, 0.4) is 0 Å². The van der Waals surface area contributed by atoms with Crippen molar-refractivity contribution in [2.45, 2.75) is 13.2 Å². The van der Waals surface area contributed by atoms with E-state index in [0.717, 1.165) is 6.08 Å². The molecule has 0 aliphatic rings. The van der Waals surface area contributed by atoms with E-state index < -0.39 is 12.3 Å². The van der Waals surface area contributed by atoms with Crippen LogP contribution in [0.4, 0.5) is 0 Å². The Kier molecular flexibility index (Phi) is 20.1. The molecule has 0 bridgehead atoms. The first kappa shape index (κ1) is 22.3. The highest BCUT2D eigenvalue weighted by molar-refractivity contribution is 5.78. The topological polar surface area (TPSA) is 115 Å². The minimum atomic E-state index is -0.981. The molecule has 1 atom stereocenters. The lowest BCUT2D eigenvalue weighted by Gasteiger charge is -2.11. The number of carboxylic acid groups (broad SMARTS) is 1. The van der Waals surface area contributed by atoms with Crippen molar-refractivity contribution in [2.75, 3.05) is 52.9 Å². The lowest BCUT2D eigenvalue weighted by Crippen LogP contribution is -2.20. The lowest BCUT2D eigenvalue weighted by atomic mass is 10.6. The van der Waals surface area contributed by atoms with Crippen LogP contribution in [0.15, 0.2) is 12.7 Å². The molecule has 8 heteroatoms. The molecule has 0 heterocycles. The second-order valence-electron chi connectivity index (χ2n) is 3.48. The quantitative estimate of drug-likeness (QED) is 0.240. The maximum Gasteiger partial charge on any atom is 0.327 e. The molecule has 0 aromatic heterocycles. The number of hydrogen-bond donors (Lipinski definition) is 3. The van der Waals surface area contributed by atoms with Crippen LogP contribution in [0.5, 0.6) is 0 Å². The van der Waals surface area contributed by atoms with Gasteiger partial charge in [-0.1, -0.05) is 6.58 Å². The minimum Gasteiger partial charge on any atom is -0.478 e. The molecule has 0 amide bonds. The minimum absolute atomic E-state index is 0.0262. The van der Waals surface area contributed by atoms with Gasteiger partial charge in [0, 0.05) is 12.7 Å². The average Bonchev–Trinajstić information content (AvgIpc) is 2.46. The number of carboxylic acids is 1. The molecule has 0 spiro atoms. The summed E-state index contributed by atoms with van der Waals surface area (Å²) in [5, 5.41) is 25.1. The summed E-state index contributed by atoms with van der Waals surface area (Å²) >= 11 is 0. The smallest absolute Gasteiger partial charge is 0.327 e. The van der Waals surface area contributed by atoms with E-state index in [0.29, 0.717) is 39.6 Å². The molecule has 126 valence electrons. The highest BCUT2D eigenvalue weighted by Gasteiger charge is 2.01. The number of hydrogen-bond acceptors (Lipinski definition) is 7. The van der Waals surface area contributed by atoms with Crippen LogP contribution in [0.25, 0.3) is 0 Å². The molecule has 0 aliphatic heterocycles. The predicted molar refractivity (Wildman–Crippen MR) is 75.0 cm³/mol. The van der Waals surface area contributed by atoms with Gasteiger partial charge in [-0.15, -0.1) is 0 Å². The van der Waals surface area contributed by atoms with Gasteiger partial charge in [-0.3, -0.25) is 0 Å². The van der Waals surface area contributed by atoms with Crippen molar-refractivity contribution in [2.24, 2.45) is 0 Å². The van der Waals surface area contributed by atoms with Crippen LogP contribution in [0, 0.1) is 0 Å². The van der Waals surface area contributed by atoms with Crippen molar-refractivity contribution in [1.82, 2.24) is 0 Å². The van der Waals surface area contributed by atoms with Gasteiger partial charge in [0.2, 0.25) is 0 Å². The summed E-state index contributed by atoms with van der Waals surface area (Å²) < 4.78 is 20.1. The summed E-state index contributed by atoms with van der Waals surface area (Å²) in [5.41, 5.74) is 0. The molecule has 0 rings (SSSR count). The maximum absolute atomic E-state index is 9.25. The van der Waals surface area contributed by atoms with Crippen LogP contribution in [0.2, 0.25) is 0 Å². The predicted octanol–water partition coefficient (Wildman–Crippen LogP) is -0.360. The molecule has 0 radical (unpaired) electrons. The van der Waals surface area contributed by atoms with E-state index >= 15 is 0 Å². The van der Waals surface area contributed by atoms with Gasteiger partial charge in [0.1, 0.15) is 0 Å². The molecule has 0 aromatic rings. The number of rotatable bonds is 13. The second kappa shape index (κ2) is 19.0. The Morgan fingerprint density at radius 3 is 2.05 bits per heavy atom. The van der Waals surface area contributed by atoms with Crippen molar-refractivity contribution in [1.29, 1.82) is 0 Å². The fraction of sp³-hybridized carbons (Fsp3) is 0.769. The third-order valence-corrected chi connectivity index (χ3v) is 1.77. The molecule has 1 unspecified atom stereocenters. The summed E-state index contributed by atoms with van der Waals surface area (Å²) in [6, 6.07) is 0. The summed E-state index contributed by atoms with van der Waals surface area (Å²) in [6.45, 7) is 7.52. The van der Waals surface area contributed by atoms with Gasteiger partial charge in [-0.25, -0.2) is 4.79 Å². The first-order chi connectivity index (χ1) is 10.1. The Balaban J connectivity index is 0. The number of aliphatic hydroxyl groups is 2. The lowest BCUT2D eigenvalue weighted by molar-refractivity contribution is -0.138. The van der Waals surface area contributed by atoms with E-state index in [9.17, 15) is 4.79 Å². The zero-order chi connectivity index (χ0) is 16.3. The summed E-state index contributed by atoms with van der Waals surface area (Å²) in [7, 11) is 0. The van der Waals surface area contributed by atoms with E-state index in [1.165, 1.54) is 0 Å². The zero-order valence-corrected chi connectivity index (χ0v) is 12.4. The number of carbonyl (C=O) groups is 1. The van der Waals surface area contributed by atoms with Crippen LogP contribution in [-0.2, 0) is 23.7 Å². The molecule has 21 heavy (non-hydrogen) atoms. The van der Waals surface area contributed by atoms with Crippen molar-refractivity contribution in [3.63, 3.8) is 0 Å². The first-order valence-corrected chi connectivity index (χ1v) is 6.57. The van der Waals surface area contributed by atoms with Crippen LogP contribution in [-0.4, -0.2) is 80.4 Å². The Hall–Kier alpha value is -1.03. The third-order valence-electron chi connectivity index (χ3n) is 1.77. The van der Waals surface area contributed by atoms with Crippen molar-refractivity contribution >= 4 is 5.97 Å². The Morgan fingerprint density at radius 1 is 1.14 bits per heavy atom. The first-order valence-electron chi connectivity index (χ1n) is 6.57. The van der Waals surface area contributed by atoms with Gasteiger partial charge in [0.15, 0.2) is 6.29 Å². The zero-order valence-electron chi connectivity index (χ0n) is 12.4. The monoisotopic (exact) mass is 310 g/mol. The van der Waals surface area contributed by atoms with E-state index in [1.807, 2.05) is 0 Å². The number of aliphatic hydroxyl groups excluding tert-OH is 2. The van der Waals surface area contributed by atoms with Gasteiger partial charge in [-0.2, -0.15) is 0 Å². The normalized spacial score (nSPS) is 11.4. The van der Waals surface area contributed by atoms with Crippen LogP contribution < -0.4 is 0 Å². The van der Waals surface area contributed by atoms with Gasteiger partial charge < -0.3 is 34.3 Å². The van der Waals surface area contributed by atoms with Crippen LogP contribution >= 0.6 is 0 Å². The average molecular weight is 310 g/mol. The van der Waals surface area contributed by atoms with Crippen molar-refractivity contribution < 1.29 is 39.1 Å². The molecule has 0 fully saturated rings. The van der Waals surface area contributed by atoms with Gasteiger partial charge in [-0.05, 0) is 6.92 Å². The molecule has 0 aromatic carbocycles. The van der Waals surface area contributed by atoms with Crippen LogP contribution in [0.1, 0.15) is 6.92 Å². The van der Waals surface area contributed by atoms with Gasteiger partial charge in [0.25, 0.3) is 0 Å². The fourth-order valence-electron chi connectivity index (χ4n) is 0.929. The highest BCUT2D eigenvalue weighted by atomic mass is 16.6. The SMILES string of the molecule is C=CC(=O)O.CCOC(O)COCCOCCOCCO. The molecule has 3 N–H and O–H groups in total. The third kappa shape index (κ3) is 24.4. The molecular weight excluding hydrogens is 284 g/mol. The van der Waals surface area contributed by atoms with Crippen molar-refractivity contribution in [3.8, 4) is 0 Å². The molecule has 0 aliphatic carbocycles. The Bertz CT molecular complexity index is 234. The molecular formula is C13H26O8. The van der Waals surface area contributed by atoms with Gasteiger partial charge >= 0.3 is 5.97 Å². The Morgan fingerprint density at radius 2 is 1.62 bits per heavy atom. The molecule has 0 saturated carbocycles. The summed E-state index contributed by atoms with van der Waals surface area (Å²) in [5.74, 6) is -0.981.